The lowest BCUT2D eigenvalue weighted by atomic mass is 10.6. The van der Waals surface area contributed by atoms with Crippen molar-refractivity contribution in [2.24, 2.45) is 5.73 Å². The summed E-state index contributed by atoms with van der Waals surface area (Å²) in [4.78, 5) is 25.3. The van der Waals surface area contributed by atoms with E-state index in [0.717, 1.165) is 0 Å². The molecule has 0 aromatic rings. The quantitative estimate of drug-likeness (QED) is 0.412. The number of carbonyl (C=O) groups excluding carboxylic acids is 2. The number of primary amides is 1. The molecule has 0 heterocycles. The van der Waals surface area contributed by atoms with Crippen molar-refractivity contribution in [2.75, 3.05) is 19.7 Å². The molecule has 2 amide bonds. The molecule has 6 nitrogen and oxygen atoms in total. The highest BCUT2D eigenvalue weighted by molar-refractivity contribution is 5.78. The van der Waals surface area contributed by atoms with Gasteiger partial charge in [0.15, 0.2) is 6.61 Å². The van der Waals surface area contributed by atoms with Crippen LogP contribution in [-0.4, -0.2) is 31.5 Å². The molecule has 0 bridgehead atoms. The van der Waals surface area contributed by atoms with Crippen LogP contribution in [0.15, 0.2) is 0 Å². The van der Waals surface area contributed by atoms with Gasteiger partial charge in [-0.1, -0.05) is 6.92 Å². The zero-order valence-corrected chi connectivity index (χ0v) is 6.92. The van der Waals surface area contributed by atoms with Crippen molar-refractivity contribution in [3.63, 3.8) is 0 Å². The third-order valence-electron chi connectivity index (χ3n) is 0.936. The Morgan fingerprint density at radius 3 is 2.67 bits per heavy atom. The van der Waals surface area contributed by atoms with E-state index >= 15 is 0 Å². The van der Waals surface area contributed by atoms with Crippen LogP contribution in [0.2, 0.25) is 0 Å². The first-order chi connectivity index (χ1) is 5.66. The smallest absolute Gasteiger partial charge is 0.257 e. The van der Waals surface area contributed by atoms with Crippen LogP contribution in [0, 0.1) is 0 Å². The van der Waals surface area contributed by atoms with Gasteiger partial charge in [-0.15, -0.1) is 0 Å². The molecule has 0 saturated heterocycles. The van der Waals surface area contributed by atoms with Crippen molar-refractivity contribution in [3.05, 3.63) is 0 Å². The fourth-order valence-corrected chi connectivity index (χ4v) is 0.462. The van der Waals surface area contributed by atoms with Crippen LogP contribution >= 0.6 is 0 Å². The van der Waals surface area contributed by atoms with Crippen LogP contribution in [0.5, 0.6) is 0 Å². The minimum absolute atomic E-state index is 0.162. The number of amides is 2. The third-order valence-corrected chi connectivity index (χ3v) is 0.936. The lowest BCUT2D eigenvalue weighted by Gasteiger charge is -2.03. The van der Waals surface area contributed by atoms with Gasteiger partial charge in [-0.2, -0.15) is 0 Å². The molecule has 0 radical (unpaired) electrons. The Balaban J connectivity index is 3.25. The van der Waals surface area contributed by atoms with Crippen molar-refractivity contribution < 1.29 is 14.4 Å². The first-order valence-corrected chi connectivity index (χ1v) is 3.56. The van der Waals surface area contributed by atoms with E-state index in [1.807, 2.05) is 12.4 Å². The minimum Gasteiger partial charge on any atom is -0.368 e. The van der Waals surface area contributed by atoms with Gasteiger partial charge >= 0.3 is 0 Å². The highest BCUT2D eigenvalue weighted by atomic mass is 16.7. The summed E-state index contributed by atoms with van der Waals surface area (Å²) >= 11 is 0. The number of nitrogens with two attached hydrogens (primary N) is 1. The molecule has 70 valence electrons. The lowest BCUT2D eigenvalue weighted by molar-refractivity contribution is -0.137. The summed E-state index contributed by atoms with van der Waals surface area (Å²) in [5.74, 6) is -0.961. The maximum atomic E-state index is 10.7. The number of hydrogen-bond donors (Lipinski definition) is 3. The van der Waals surface area contributed by atoms with E-state index in [1.165, 1.54) is 0 Å². The van der Waals surface area contributed by atoms with Crippen molar-refractivity contribution >= 4 is 11.8 Å². The molecule has 0 aliphatic carbocycles. The Kier molecular flexibility index (Phi) is 5.94. The highest BCUT2D eigenvalue weighted by Gasteiger charge is 1.99. The predicted octanol–water partition coefficient (Wildman–Crippen LogP) is -1.87. The molecule has 0 saturated carbocycles. The van der Waals surface area contributed by atoms with E-state index in [4.69, 9.17) is 5.73 Å². The van der Waals surface area contributed by atoms with Crippen molar-refractivity contribution in [1.29, 1.82) is 0 Å². The lowest BCUT2D eigenvalue weighted by Crippen LogP contribution is -2.35. The monoisotopic (exact) mass is 175 g/mol. The van der Waals surface area contributed by atoms with Crippen LogP contribution in [0.25, 0.3) is 0 Å². The van der Waals surface area contributed by atoms with Crippen LogP contribution in [0.1, 0.15) is 6.92 Å². The summed E-state index contributed by atoms with van der Waals surface area (Å²) in [5, 5.41) is 2.78. The van der Waals surface area contributed by atoms with Gasteiger partial charge in [0.25, 0.3) is 5.91 Å². The number of hydrogen-bond acceptors (Lipinski definition) is 4. The standard InChI is InChI=1S/C6H13N3O3/c1-2-8-3-6(11)9-12-4-5(7)10/h8H,2-4H2,1H3,(H2,7,10)(H,9,11). The summed E-state index contributed by atoms with van der Waals surface area (Å²) in [6.07, 6.45) is 0. The molecule has 12 heavy (non-hydrogen) atoms. The molecule has 0 atom stereocenters. The predicted molar refractivity (Wildman–Crippen MR) is 41.8 cm³/mol. The molecule has 6 heteroatoms. The molecule has 0 aromatic carbocycles. The Bertz CT molecular complexity index is 160. The second-order valence-electron chi connectivity index (χ2n) is 2.06. The Morgan fingerprint density at radius 1 is 1.50 bits per heavy atom. The average Bonchev–Trinajstić information content (AvgIpc) is 2.00. The molecule has 0 aromatic heterocycles. The van der Waals surface area contributed by atoms with E-state index in [0.29, 0.717) is 6.54 Å². The number of likely N-dealkylation sites (N-methyl/N-ethyl adjacent to an activating group) is 1. The largest absolute Gasteiger partial charge is 0.368 e. The SMILES string of the molecule is CCNCC(=O)NOCC(N)=O. The Morgan fingerprint density at radius 2 is 2.17 bits per heavy atom. The average molecular weight is 175 g/mol. The summed E-state index contributed by atoms with van der Waals surface area (Å²) in [7, 11) is 0. The molecule has 0 rings (SSSR count). The molecule has 0 aliphatic rings. The zero-order valence-electron chi connectivity index (χ0n) is 6.92. The van der Waals surface area contributed by atoms with Gasteiger partial charge in [0, 0.05) is 0 Å². The second kappa shape index (κ2) is 6.56. The first kappa shape index (κ1) is 10.9. The highest BCUT2D eigenvalue weighted by Crippen LogP contribution is 1.67. The van der Waals surface area contributed by atoms with Crippen LogP contribution in [0.3, 0.4) is 0 Å². The van der Waals surface area contributed by atoms with Gasteiger partial charge in [-0.3, -0.25) is 14.4 Å². The normalized spacial score (nSPS) is 9.42. The molecule has 0 unspecified atom stereocenters. The summed E-state index contributed by atoms with van der Waals surface area (Å²) in [6.45, 7) is 2.42. The molecular formula is C6H13N3O3. The fourth-order valence-electron chi connectivity index (χ4n) is 0.462. The van der Waals surface area contributed by atoms with Crippen LogP contribution in [-0.2, 0) is 14.4 Å². The minimum atomic E-state index is -0.626. The van der Waals surface area contributed by atoms with E-state index in [-0.39, 0.29) is 19.1 Å². The van der Waals surface area contributed by atoms with Crippen LogP contribution in [0.4, 0.5) is 0 Å². The molecule has 4 N–H and O–H groups in total. The van der Waals surface area contributed by atoms with E-state index in [2.05, 4.69) is 10.2 Å². The Hall–Kier alpha value is -1.14. The van der Waals surface area contributed by atoms with Gasteiger partial charge in [0.1, 0.15) is 0 Å². The van der Waals surface area contributed by atoms with E-state index < -0.39 is 5.91 Å². The topological polar surface area (TPSA) is 93.4 Å². The number of nitrogens with one attached hydrogen (secondary N) is 2. The molecule has 0 fully saturated rings. The van der Waals surface area contributed by atoms with Crippen molar-refractivity contribution in [1.82, 2.24) is 10.8 Å². The van der Waals surface area contributed by atoms with E-state index in [9.17, 15) is 9.59 Å². The van der Waals surface area contributed by atoms with E-state index in [1.54, 1.807) is 0 Å². The third kappa shape index (κ3) is 6.97. The maximum absolute atomic E-state index is 10.7. The Labute approximate surface area is 70.4 Å². The number of hydroxylamine groups is 1. The van der Waals surface area contributed by atoms with Gasteiger partial charge in [0.05, 0.1) is 6.54 Å². The van der Waals surface area contributed by atoms with Gasteiger partial charge in [-0.25, -0.2) is 5.48 Å². The number of rotatable bonds is 6. The molecular weight excluding hydrogens is 162 g/mol. The summed E-state index contributed by atoms with van der Waals surface area (Å²) in [6, 6.07) is 0. The molecule has 0 spiro atoms. The first-order valence-electron chi connectivity index (χ1n) is 3.56. The van der Waals surface area contributed by atoms with Crippen molar-refractivity contribution in [3.8, 4) is 0 Å². The van der Waals surface area contributed by atoms with Gasteiger partial charge in [0.2, 0.25) is 5.91 Å². The van der Waals surface area contributed by atoms with Gasteiger partial charge in [-0.05, 0) is 6.54 Å². The maximum Gasteiger partial charge on any atom is 0.257 e. The number of carbonyl (C=O) groups is 2. The fraction of sp³-hybridized carbons (Fsp3) is 0.667. The van der Waals surface area contributed by atoms with Crippen molar-refractivity contribution in [2.45, 2.75) is 6.92 Å². The van der Waals surface area contributed by atoms with Gasteiger partial charge < -0.3 is 11.1 Å². The summed E-state index contributed by atoms with van der Waals surface area (Å²) in [5.41, 5.74) is 6.79. The zero-order chi connectivity index (χ0) is 9.40. The molecule has 0 aliphatic heterocycles. The summed E-state index contributed by atoms with van der Waals surface area (Å²) < 4.78 is 0. The second-order valence-corrected chi connectivity index (χ2v) is 2.06. The van der Waals surface area contributed by atoms with Crippen LogP contribution < -0.4 is 16.5 Å².